The Morgan fingerprint density at radius 1 is 0.839 bits per heavy atom. The largest absolute Gasteiger partial charge is 0.325 e. The Balaban J connectivity index is 1.65. The van der Waals surface area contributed by atoms with Gasteiger partial charge in [0, 0.05) is 5.56 Å². The highest BCUT2D eigenvalue weighted by Crippen LogP contribution is 2.36. The second kappa shape index (κ2) is 8.56. The van der Waals surface area contributed by atoms with Crippen LogP contribution in [0.5, 0.6) is 0 Å². The summed E-state index contributed by atoms with van der Waals surface area (Å²) in [7, 11) is 0. The number of Topliss-reactive ketones (excluding diaryl/α,β-unsaturated/α-hetero) is 1. The maximum Gasteiger partial charge on any atom is 0.325 e. The van der Waals surface area contributed by atoms with Crippen molar-refractivity contribution < 1.29 is 14.4 Å². The van der Waals surface area contributed by atoms with Crippen LogP contribution in [0.15, 0.2) is 84.9 Å². The zero-order valence-corrected chi connectivity index (χ0v) is 17.4. The minimum Gasteiger partial charge on any atom is -0.315 e. The van der Waals surface area contributed by atoms with Crippen molar-refractivity contribution in [2.24, 2.45) is 0 Å². The highest BCUT2D eigenvalue weighted by Gasteiger charge is 2.53. The number of benzene rings is 3. The zero-order valence-electron chi connectivity index (χ0n) is 17.4. The molecule has 5 heteroatoms. The van der Waals surface area contributed by atoms with Crippen molar-refractivity contribution >= 4 is 17.7 Å². The van der Waals surface area contributed by atoms with E-state index in [2.05, 4.69) is 12.2 Å². The number of ketones is 1. The molecule has 1 heterocycles. The number of aryl methyl sites for hydroxylation is 1. The summed E-state index contributed by atoms with van der Waals surface area (Å²) < 4.78 is 0. The van der Waals surface area contributed by atoms with E-state index in [4.69, 9.17) is 0 Å². The molecule has 1 fully saturated rings. The Morgan fingerprint density at radius 2 is 1.39 bits per heavy atom. The molecule has 1 saturated heterocycles. The van der Waals surface area contributed by atoms with E-state index in [0.29, 0.717) is 16.7 Å². The summed E-state index contributed by atoms with van der Waals surface area (Å²) in [6, 6.07) is 25.0. The Hall–Kier alpha value is -3.73. The third-order valence-electron chi connectivity index (χ3n) is 5.64. The molecule has 0 aliphatic carbocycles. The molecule has 3 amide bonds. The van der Waals surface area contributed by atoms with E-state index in [9.17, 15) is 14.4 Å². The topological polar surface area (TPSA) is 66.5 Å². The van der Waals surface area contributed by atoms with Gasteiger partial charge in [0.15, 0.2) is 11.3 Å². The van der Waals surface area contributed by atoms with Crippen LogP contribution in [-0.4, -0.2) is 29.2 Å². The minimum absolute atomic E-state index is 0.275. The second-order valence-corrected chi connectivity index (χ2v) is 7.67. The fraction of sp³-hybridized carbons (Fsp3) is 0.192. The molecule has 0 saturated carbocycles. The Labute approximate surface area is 181 Å². The molecular formula is C26H24N2O3. The number of nitrogens with one attached hydrogen (secondary N) is 1. The Morgan fingerprint density at radius 3 is 1.90 bits per heavy atom. The van der Waals surface area contributed by atoms with Crippen molar-refractivity contribution in [2.75, 3.05) is 6.54 Å². The first-order valence-electron chi connectivity index (χ1n) is 10.4. The van der Waals surface area contributed by atoms with Crippen LogP contribution in [0.1, 0.15) is 40.4 Å². The van der Waals surface area contributed by atoms with Gasteiger partial charge in [0.05, 0.1) is 6.54 Å². The van der Waals surface area contributed by atoms with Gasteiger partial charge in [-0.15, -0.1) is 0 Å². The summed E-state index contributed by atoms with van der Waals surface area (Å²) in [4.78, 5) is 40.4. The van der Waals surface area contributed by atoms with Crippen LogP contribution in [0, 0.1) is 0 Å². The van der Waals surface area contributed by atoms with Crippen molar-refractivity contribution in [3.8, 4) is 0 Å². The molecule has 3 aromatic carbocycles. The van der Waals surface area contributed by atoms with E-state index < -0.39 is 17.5 Å². The van der Waals surface area contributed by atoms with Crippen LogP contribution in [0.25, 0.3) is 0 Å². The average molecular weight is 412 g/mol. The number of carbonyl (C=O) groups is 3. The molecule has 31 heavy (non-hydrogen) atoms. The molecular weight excluding hydrogens is 388 g/mol. The highest BCUT2D eigenvalue weighted by atomic mass is 16.2. The van der Waals surface area contributed by atoms with Gasteiger partial charge in [-0.05, 0) is 23.1 Å². The first-order valence-corrected chi connectivity index (χ1v) is 10.4. The van der Waals surface area contributed by atoms with Gasteiger partial charge in [0.1, 0.15) is 0 Å². The van der Waals surface area contributed by atoms with E-state index in [1.807, 2.05) is 72.8 Å². The van der Waals surface area contributed by atoms with Crippen LogP contribution in [-0.2, 0) is 16.8 Å². The molecule has 3 aromatic rings. The summed E-state index contributed by atoms with van der Waals surface area (Å²) >= 11 is 0. The molecule has 1 N–H and O–H groups in total. The molecule has 156 valence electrons. The first-order chi connectivity index (χ1) is 15.1. The van der Waals surface area contributed by atoms with Crippen molar-refractivity contribution in [1.82, 2.24) is 10.2 Å². The molecule has 0 aromatic heterocycles. The second-order valence-electron chi connectivity index (χ2n) is 7.67. The molecule has 1 aliphatic rings. The van der Waals surface area contributed by atoms with Crippen molar-refractivity contribution in [3.63, 3.8) is 0 Å². The van der Waals surface area contributed by atoms with Crippen LogP contribution in [0.3, 0.4) is 0 Å². The number of nitrogens with zero attached hydrogens (tertiary/aromatic N) is 1. The Kier molecular flexibility index (Phi) is 5.67. The van der Waals surface area contributed by atoms with Crippen LogP contribution < -0.4 is 5.32 Å². The summed E-state index contributed by atoms with van der Waals surface area (Å²) in [5, 5.41) is 2.87. The molecule has 0 bridgehead atoms. The molecule has 4 rings (SSSR count). The normalized spacial score (nSPS) is 15.1. The number of rotatable bonds is 7. The van der Waals surface area contributed by atoms with Crippen LogP contribution in [0.4, 0.5) is 4.79 Å². The molecule has 0 radical (unpaired) electrons. The molecule has 1 aliphatic heterocycles. The maximum absolute atomic E-state index is 13.6. The van der Waals surface area contributed by atoms with Gasteiger partial charge in [-0.3, -0.25) is 14.5 Å². The number of amides is 3. The van der Waals surface area contributed by atoms with Gasteiger partial charge in [-0.25, -0.2) is 4.79 Å². The van der Waals surface area contributed by atoms with E-state index >= 15 is 0 Å². The average Bonchev–Trinajstić information content (AvgIpc) is 3.06. The lowest BCUT2D eigenvalue weighted by Gasteiger charge is -2.28. The van der Waals surface area contributed by atoms with E-state index in [-0.39, 0.29) is 12.3 Å². The number of hydrogen-bond acceptors (Lipinski definition) is 3. The van der Waals surface area contributed by atoms with Crippen molar-refractivity contribution in [3.05, 3.63) is 107 Å². The SMILES string of the molecule is CCCc1ccc(C(=O)CN2C(=O)NC(c3ccccc3)(c3ccccc3)C2=O)cc1. The van der Waals surface area contributed by atoms with Crippen molar-refractivity contribution in [1.29, 1.82) is 0 Å². The van der Waals surface area contributed by atoms with Gasteiger partial charge in [0.25, 0.3) is 5.91 Å². The monoisotopic (exact) mass is 412 g/mol. The maximum atomic E-state index is 13.6. The number of hydrogen-bond donors (Lipinski definition) is 1. The lowest BCUT2D eigenvalue weighted by molar-refractivity contribution is -0.129. The van der Waals surface area contributed by atoms with Gasteiger partial charge in [0.2, 0.25) is 0 Å². The van der Waals surface area contributed by atoms with Gasteiger partial charge in [-0.1, -0.05) is 98.3 Å². The number of urea groups is 1. The minimum atomic E-state index is -1.36. The van der Waals surface area contributed by atoms with Crippen LogP contribution in [0.2, 0.25) is 0 Å². The first kappa shape index (κ1) is 20.5. The van der Waals surface area contributed by atoms with Gasteiger partial charge < -0.3 is 5.32 Å². The van der Waals surface area contributed by atoms with Crippen molar-refractivity contribution in [2.45, 2.75) is 25.3 Å². The molecule has 5 nitrogen and oxygen atoms in total. The van der Waals surface area contributed by atoms with Gasteiger partial charge in [-0.2, -0.15) is 0 Å². The van der Waals surface area contributed by atoms with E-state index in [1.54, 1.807) is 12.1 Å². The van der Waals surface area contributed by atoms with E-state index in [1.165, 1.54) is 0 Å². The summed E-state index contributed by atoms with van der Waals surface area (Å²) in [6.45, 7) is 1.79. The Bertz CT molecular complexity index is 1050. The lowest BCUT2D eigenvalue weighted by Crippen LogP contribution is -2.45. The fourth-order valence-corrected chi connectivity index (χ4v) is 4.03. The standard InChI is InChI=1S/C26H24N2O3/c1-2-9-19-14-16-20(17-15-19)23(29)18-28-24(30)26(27-25(28)31,21-10-5-3-6-11-21)22-12-7-4-8-13-22/h3-8,10-17H,2,9,18H2,1H3,(H,27,31). The fourth-order valence-electron chi connectivity index (χ4n) is 4.03. The quantitative estimate of drug-likeness (QED) is 0.464. The highest BCUT2D eigenvalue weighted by molar-refractivity contribution is 6.13. The van der Waals surface area contributed by atoms with Gasteiger partial charge >= 0.3 is 6.03 Å². The van der Waals surface area contributed by atoms with E-state index in [0.717, 1.165) is 23.3 Å². The zero-order chi connectivity index (χ0) is 21.8. The molecule has 0 atom stereocenters. The number of carbonyl (C=O) groups excluding carboxylic acids is 3. The lowest BCUT2D eigenvalue weighted by atomic mass is 9.82. The predicted molar refractivity (Wildman–Crippen MR) is 119 cm³/mol. The number of imide groups is 1. The third kappa shape index (κ3) is 3.75. The summed E-state index contributed by atoms with van der Waals surface area (Å²) in [6.07, 6.45) is 1.97. The smallest absolute Gasteiger partial charge is 0.315 e. The molecule has 0 spiro atoms. The predicted octanol–water partition coefficient (Wildman–Crippen LogP) is 4.32. The van der Waals surface area contributed by atoms with Crippen LogP contribution >= 0.6 is 0 Å². The summed E-state index contributed by atoms with van der Waals surface area (Å²) in [5.41, 5.74) is 1.58. The molecule has 0 unspecified atom stereocenters. The summed E-state index contributed by atoms with van der Waals surface area (Å²) in [5.74, 6) is -0.727. The third-order valence-corrected chi connectivity index (χ3v) is 5.64.